The Morgan fingerprint density at radius 3 is 2.42 bits per heavy atom. The van der Waals surface area contributed by atoms with Gasteiger partial charge in [0.2, 0.25) is 5.91 Å². The Morgan fingerprint density at radius 1 is 1.21 bits per heavy atom. The molecule has 2 aromatic carbocycles. The van der Waals surface area contributed by atoms with Crippen molar-refractivity contribution in [3.63, 3.8) is 0 Å². The minimum atomic E-state index is -1.22. The summed E-state index contributed by atoms with van der Waals surface area (Å²) in [7, 11) is 0. The summed E-state index contributed by atoms with van der Waals surface area (Å²) in [6.45, 7) is 1.64. The van der Waals surface area contributed by atoms with Gasteiger partial charge in [0.1, 0.15) is 5.82 Å². The van der Waals surface area contributed by atoms with Gasteiger partial charge in [-0.2, -0.15) is 0 Å². The molecule has 126 valence electrons. The maximum absolute atomic E-state index is 13.1. The van der Waals surface area contributed by atoms with Crippen LogP contribution >= 0.6 is 0 Å². The Morgan fingerprint density at radius 2 is 1.83 bits per heavy atom. The maximum Gasteiger partial charge on any atom is 0.223 e. The zero-order valence-corrected chi connectivity index (χ0v) is 13.7. The second-order valence-electron chi connectivity index (χ2n) is 6.75. The minimum Gasteiger partial charge on any atom is -0.385 e. The number of rotatable bonds is 6. The summed E-state index contributed by atoms with van der Waals surface area (Å²) in [5.41, 5.74) is 0.402. The Bertz CT molecular complexity index is 693. The van der Waals surface area contributed by atoms with E-state index < -0.39 is 5.60 Å². The second kappa shape index (κ2) is 6.73. The number of nitrogens with one attached hydrogen (secondary N) is 1. The third-order valence-corrected chi connectivity index (χ3v) is 4.54. The number of aliphatic hydroxyl groups is 1. The minimum absolute atomic E-state index is 0.0125. The van der Waals surface area contributed by atoms with E-state index in [0.717, 1.165) is 18.4 Å². The number of benzene rings is 2. The summed E-state index contributed by atoms with van der Waals surface area (Å²) in [6.07, 6.45) is 2.09. The Balaban J connectivity index is 1.69. The molecule has 0 bridgehead atoms. The predicted molar refractivity (Wildman–Crippen MR) is 90.6 cm³/mol. The highest BCUT2D eigenvalue weighted by molar-refractivity contribution is 5.77. The number of carbonyl (C=O) groups is 1. The average Bonchev–Trinajstić information content (AvgIpc) is 3.39. The van der Waals surface area contributed by atoms with E-state index in [1.165, 1.54) is 12.1 Å². The van der Waals surface area contributed by atoms with E-state index in [1.54, 1.807) is 19.1 Å². The van der Waals surface area contributed by atoms with Crippen molar-refractivity contribution in [1.82, 2.24) is 5.32 Å². The molecular formula is C20H22FNO2. The molecule has 1 aliphatic rings. The van der Waals surface area contributed by atoms with Gasteiger partial charge in [0, 0.05) is 0 Å². The third-order valence-electron chi connectivity index (χ3n) is 4.54. The van der Waals surface area contributed by atoms with Crippen LogP contribution in [0.5, 0.6) is 0 Å². The number of hydrogen-bond donors (Lipinski definition) is 2. The highest BCUT2D eigenvalue weighted by Gasteiger charge is 2.35. The van der Waals surface area contributed by atoms with E-state index >= 15 is 0 Å². The van der Waals surface area contributed by atoms with Crippen LogP contribution in [0.25, 0.3) is 0 Å². The molecule has 2 unspecified atom stereocenters. The van der Waals surface area contributed by atoms with Gasteiger partial charge in [0.05, 0.1) is 18.1 Å². The summed E-state index contributed by atoms with van der Waals surface area (Å²) in [5.74, 6) is -0.0993. The van der Waals surface area contributed by atoms with Gasteiger partial charge in [-0.05, 0) is 48.9 Å². The zero-order valence-electron chi connectivity index (χ0n) is 13.7. The van der Waals surface area contributed by atoms with Gasteiger partial charge in [-0.15, -0.1) is 0 Å². The number of halogens is 1. The maximum atomic E-state index is 13.1. The van der Waals surface area contributed by atoms with Crippen LogP contribution in [0.2, 0.25) is 0 Å². The number of amides is 1. The summed E-state index contributed by atoms with van der Waals surface area (Å²) >= 11 is 0. The van der Waals surface area contributed by atoms with Crippen molar-refractivity contribution >= 4 is 5.91 Å². The first-order valence-electron chi connectivity index (χ1n) is 8.28. The van der Waals surface area contributed by atoms with E-state index in [1.807, 2.05) is 30.3 Å². The highest BCUT2D eigenvalue weighted by Crippen LogP contribution is 2.41. The molecule has 4 heteroatoms. The SMILES string of the molecule is CC(O)(CC(=O)NC(c1ccc(F)cc1)C1CC1)c1ccccc1. The molecule has 3 nitrogen and oxygen atoms in total. The van der Waals surface area contributed by atoms with Crippen LogP contribution in [0, 0.1) is 11.7 Å². The van der Waals surface area contributed by atoms with Crippen molar-refractivity contribution in [3.05, 3.63) is 71.5 Å². The van der Waals surface area contributed by atoms with Gasteiger partial charge >= 0.3 is 0 Å². The van der Waals surface area contributed by atoms with Crippen LogP contribution in [-0.2, 0) is 10.4 Å². The Kier molecular flexibility index (Phi) is 4.67. The first kappa shape index (κ1) is 16.7. The van der Waals surface area contributed by atoms with E-state index in [4.69, 9.17) is 0 Å². The molecule has 0 spiro atoms. The largest absolute Gasteiger partial charge is 0.385 e. The highest BCUT2D eigenvalue weighted by atomic mass is 19.1. The first-order chi connectivity index (χ1) is 11.5. The lowest BCUT2D eigenvalue weighted by molar-refractivity contribution is -0.126. The van der Waals surface area contributed by atoms with Crippen LogP contribution in [-0.4, -0.2) is 11.0 Å². The fourth-order valence-electron chi connectivity index (χ4n) is 3.01. The van der Waals surface area contributed by atoms with E-state index in [-0.39, 0.29) is 24.2 Å². The van der Waals surface area contributed by atoms with E-state index in [9.17, 15) is 14.3 Å². The predicted octanol–water partition coefficient (Wildman–Crippen LogP) is 3.69. The lowest BCUT2D eigenvalue weighted by Gasteiger charge is -2.25. The fourth-order valence-corrected chi connectivity index (χ4v) is 3.01. The molecule has 0 heterocycles. The summed E-state index contributed by atoms with van der Waals surface area (Å²) < 4.78 is 13.1. The normalized spacial score (nSPS) is 17.8. The molecule has 1 fully saturated rings. The standard InChI is InChI=1S/C20H22FNO2/c1-20(24,16-5-3-2-4-6-16)13-18(23)22-19(14-7-8-14)15-9-11-17(21)12-10-15/h2-6,9-12,14,19,24H,7-8,13H2,1H3,(H,22,23). The molecule has 2 aromatic rings. The topological polar surface area (TPSA) is 49.3 Å². The van der Waals surface area contributed by atoms with Crippen LogP contribution < -0.4 is 5.32 Å². The molecule has 24 heavy (non-hydrogen) atoms. The van der Waals surface area contributed by atoms with Gasteiger partial charge in [-0.1, -0.05) is 42.5 Å². The first-order valence-corrected chi connectivity index (χ1v) is 8.28. The van der Waals surface area contributed by atoms with Gasteiger partial charge in [0.25, 0.3) is 0 Å². The lowest BCUT2D eigenvalue weighted by atomic mass is 9.92. The molecule has 1 aliphatic carbocycles. The van der Waals surface area contributed by atoms with Crippen molar-refractivity contribution < 1.29 is 14.3 Å². The van der Waals surface area contributed by atoms with Gasteiger partial charge < -0.3 is 10.4 Å². The van der Waals surface area contributed by atoms with Crippen LogP contribution in [0.4, 0.5) is 4.39 Å². The Hall–Kier alpha value is -2.20. The molecule has 1 saturated carbocycles. The lowest BCUT2D eigenvalue weighted by Crippen LogP contribution is -2.35. The van der Waals surface area contributed by atoms with Gasteiger partial charge in [-0.25, -0.2) is 4.39 Å². The molecule has 3 rings (SSSR count). The summed E-state index contributed by atoms with van der Waals surface area (Å²) in [6, 6.07) is 15.3. The van der Waals surface area contributed by atoms with Crippen LogP contribution in [0.3, 0.4) is 0 Å². The molecule has 0 radical (unpaired) electrons. The van der Waals surface area contributed by atoms with Crippen LogP contribution in [0.15, 0.2) is 54.6 Å². The Labute approximate surface area is 141 Å². The molecular weight excluding hydrogens is 305 g/mol. The average molecular weight is 327 g/mol. The van der Waals surface area contributed by atoms with Crippen molar-refractivity contribution in [2.24, 2.45) is 5.92 Å². The summed E-state index contributed by atoms with van der Waals surface area (Å²) in [5, 5.41) is 13.6. The van der Waals surface area contributed by atoms with Crippen molar-refractivity contribution in [1.29, 1.82) is 0 Å². The van der Waals surface area contributed by atoms with Crippen LogP contribution in [0.1, 0.15) is 43.4 Å². The molecule has 1 amide bonds. The molecule has 0 aliphatic heterocycles. The monoisotopic (exact) mass is 327 g/mol. The fraction of sp³-hybridized carbons (Fsp3) is 0.350. The van der Waals surface area contributed by atoms with E-state index in [0.29, 0.717) is 11.5 Å². The van der Waals surface area contributed by atoms with Gasteiger partial charge in [0.15, 0.2) is 0 Å². The summed E-state index contributed by atoms with van der Waals surface area (Å²) in [4.78, 5) is 12.5. The zero-order chi connectivity index (χ0) is 17.2. The van der Waals surface area contributed by atoms with Crippen molar-refractivity contribution in [2.45, 2.75) is 37.8 Å². The van der Waals surface area contributed by atoms with Crippen molar-refractivity contribution in [3.8, 4) is 0 Å². The molecule has 0 aromatic heterocycles. The third kappa shape index (κ3) is 4.01. The van der Waals surface area contributed by atoms with E-state index in [2.05, 4.69) is 5.32 Å². The second-order valence-corrected chi connectivity index (χ2v) is 6.75. The molecule has 2 atom stereocenters. The van der Waals surface area contributed by atoms with Crippen molar-refractivity contribution in [2.75, 3.05) is 0 Å². The number of carbonyl (C=O) groups excluding carboxylic acids is 1. The smallest absolute Gasteiger partial charge is 0.223 e. The molecule has 0 saturated heterocycles. The van der Waals surface area contributed by atoms with Gasteiger partial charge in [-0.3, -0.25) is 4.79 Å². The number of hydrogen-bond acceptors (Lipinski definition) is 2. The quantitative estimate of drug-likeness (QED) is 0.850. The molecule has 2 N–H and O–H groups in total.